The molecule has 2 heteroatoms. The first-order valence-corrected chi connectivity index (χ1v) is 3.64. The molecule has 0 unspecified atom stereocenters. The molecule has 0 heterocycles. The highest BCUT2D eigenvalue weighted by atomic mass is 15.0. The first-order chi connectivity index (χ1) is 4.81. The lowest BCUT2D eigenvalue weighted by Crippen LogP contribution is -2.11. The van der Waals surface area contributed by atoms with E-state index in [0.29, 0.717) is 0 Å². The van der Waals surface area contributed by atoms with Gasteiger partial charge in [0.05, 0.1) is 6.67 Å². The molecular formula is C8H16N2. The molecule has 0 bridgehead atoms. The van der Waals surface area contributed by atoms with Gasteiger partial charge in [0.15, 0.2) is 0 Å². The second-order valence-corrected chi connectivity index (χ2v) is 2.11. The van der Waals surface area contributed by atoms with Crippen LogP contribution in [0, 0.1) is 0 Å². The molecule has 0 amide bonds. The van der Waals surface area contributed by atoms with Crippen molar-refractivity contribution in [3.63, 3.8) is 0 Å². The van der Waals surface area contributed by atoms with Crippen LogP contribution in [0.5, 0.6) is 0 Å². The molecule has 0 atom stereocenters. The molecule has 0 saturated carbocycles. The largest absolute Gasteiger partial charge is 0.299 e. The van der Waals surface area contributed by atoms with Crippen molar-refractivity contribution in [3.8, 4) is 0 Å². The lowest BCUT2D eigenvalue weighted by Gasteiger charge is -1.92. The molecule has 0 rings (SSSR count). The fraction of sp³-hybridized carbons (Fsp3) is 0.625. The van der Waals surface area contributed by atoms with E-state index in [4.69, 9.17) is 0 Å². The molecule has 1 N–H and O–H groups in total. The monoisotopic (exact) mass is 140 g/mol. The van der Waals surface area contributed by atoms with Crippen LogP contribution in [0.1, 0.15) is 20.8 Å². The van der Waals surface area contributed by atoms with Gasteiger partial charge in [-0.25, -0.2) is 0 Å². The van der Waals surface area contributed by atoms with Gasteiger partial charge in [0, 0.05) is 6.21 Å². The predicted octanol–water partition coefficient (Wildman–Crippen LogP) is 1.59. The summed E-state index contributed by atoms with van der Waals surface area (Å²) in [6.07, 6.45) is 3.91. The van der Waals surface area contributed by atoms with E-state index in [0.717, 1.165) is 13.2 Å². The van der Waals surface area contributed by atoms with Gasteiger partial charge in [-0.05, 0) is 26.0 Å². The second kappa shape index (κ2) is 6.49. The molecule has 0 radical (unpaired) electrons. The Labute approximate surface area is 63.0 Å². The van der Waals surface area contributed by atoms with Crippen molar-refractivity contribution < 1.29 is 0 Å². The maximum absolute atomic E-state index is 4.13. The lowest BCUT2D eigenvalue weighted by atomic mass is 10.3. The van der Waals surface area contributed by atoms with Crippen molar-refractivity contribution in [1.29, 1.82) is 0 Å². The zero-order valence-corrected chi connectivity index (χ0v) is 7.02. The molecule has 10 heavy (non-hydrogen) atoms. The van der Waals surface area contributed by atoms with Gasteiger partial charge in [0.25, 0.3) is 0 Å². The van der Waals surface area contributed by atoms with Gasteiger partial charge in [0.2, 0.25) is 0 Å². The Morgan fingerprint density at radius 3 is 2.80 bits per heavy atom. The van der Waals surface area contributed by atoms with Gasteiger partial charge in [-0.1, -0.05) is 13.0 Å². The van der Waals surface area contributed by atoms with E-state index in [9.17, 15) is 0 Å². The molecule has 0 aliphatic rings. The summed E-state index contributed by atoms with van der Waals surface area (Å²) in [6.45, 7) is 7.82. The quantitative estimate of drug-likeness (QED) is 0.465. The first-order valence-electron chi connectivity index (χ1n) is 3.64. The van der Waals surface area contributed by atoms with Crippen LogP contribution >= 0.6 is 0 Å². The van der Waals surface area contributed by atoms with Crippen molar-refractivity contribution in [2.24, 2.45) is 4.99 Å². The van der Waals surface area contributed by atoms with E-state index in [2.05, 4.69) is 17.2 Å². The number of rotatable bonds is 4. The zero-order valence-electron chi connectivity index (χ0n) is 7.02. The third kappa shape index (κ3) is 5.51. The minimum absolute atomic E-state index is 0.724. The van der Waals surface area contributed by atoms with Crippen molar-refractivity contribution >= 4 is 6.21 Å². The highest BCUT2D eigenvalue weighted by molar-refractivity contribution is 5.77. The predicted molar refractivity (Wildman–Crippen MR) is 46.5 cm³/mol. The summed E-state index contributed by atoms with van der Waals surface area (Å²) in [7, 11) is 0. The van der Waals surface area contributed by atoms with Crippen LogP contribution in [0.15, 0.2) is 16.6 Å². The molecule has 0 fully saturated rings. The Hall–Kier alpha value is -0.630. The summed E-state index contributed by atoms with van der Waals surface area (Å²) in [5.41, 5.74) is 1.21. The van der Waals surface area contributed by atoms with Gasteiger partial charge >= 0.3 is 0 Å². The molecule has 0 aliphatic carbocycles. The topological polar surface area (TPSA) is 24.4 Å². The number of aliphatic imine (C=N–C) groups is 1. The average molecular weight is 140 g/mol. The van der Waals surface area contributed by atoms with Crippen LogP contribution < -0.4 is 5.32 Å². The van der Waals surface area contributed by atoms with Gasteiger partial charge in [-0.2, -0.15) is 0 Å². The summed E-state index contributed by atoms with van der Waals surface area (Å²) >= 11 is 0. The number of hydrogen-bond donors (Lipinski definition) is 1. The summed E-state index contributed by atoms with van der Waals surface area (Å²) in [5.74, 6) is 0. The fourth-order valence-corrected chi connectivity index (χ4v) is 0.441. The van der Waals surface area contributed by atoms with E-state index in [1.165, 1.54) is 5.57 Å². The molecule has 0 aromatic carbocycles. The standard InChI is InChI=1S/C8H16N2/c1-4-8(3)6-10-7-9-5-2/h4,6,9H,5,7H2,1-3H3/b8-4-,10-6-. The molecule has 0 spiro atoms. The number of hydrogen-bond acceptors (Lipinski definition) is 2. The Morgan fingerprint density at radius 2 is 2.30 bits per heavy atom. The van der Waals surface area contributed by atoms with Crippen molar-refractivity contribution in [2.75, 3.05) is 13.2 Å². The molecule has 0 saturated heterocycles. The van der Waals surface area contributed by atoms with Gasteiger partial charge in [-0.3, -0.25) is 10.3 Å². The Morgan fingerprint density at radius 1 is 1.60 bits per heavy atom. The molecule has 58 valence electrons. The summed E-state index contributed by atoms with van der Waals surface area (Å²) < 4.78 is 0. The van der Waals surface area contributed by atoms with Crippen LogP contribution in [0.25, 0.3) is 0 Å². The Bertz CT molecular complexity index is 125. The second-order valence-electron chi connectivity index (χ2n) is 2.11. The van der Waals surface area contributed by atoms with Crippen LogP contribution in [0.4, 0.5) is 0 Å². The molecule has 0 aliphatic heterocycles. The van der Waals surface area contributed by atoms with Crippen molar-refractivity contribution in [2.45, 2.75) is 20.8 Å². The average Bonchev–Trinajstić information content (AvgIpc) is 1.98. The lowest BCUT2D eigenvalue weighted by molar-refractivity contribution is 0.746. The number of nitrogens with one attached hydrogen (secondary N) is 1. The van der Waals surface area contributed by atoms with E-state index in [1.807, 2.05) is 26.1 Å². The minimum Gasteiger partial charge on any atom is -0.299 e. The Balaban J connectivity index is 3.37. The SMILES string of the molecule is C/C=C(C)\C=N/CNCC. The molecular weight excluding hydrogens is 124 g/mol. The normalized spacial score (nSPS) is 12.9. The molecule has 0 aromatic rings. The smallest absolute Gasteiger partial charge is 0.0884 e. The maximum Gasteiger partial charge on any atom is 0.0884 e. The van der Waals surface area contributed by atoms with Crippen molar-refractivity contribution in [3.05, 3.63) is 11.6 Å². The van der Waals surface area contributed by atoms with E-state index < -0.39 is 0 Å². The van der Waals surface area contributed by atoms with Gasteiger partial charge < -0.3 is 0 Å². The van der Waals surface area contributed by atoms with E-state index in [1.54, 1.807) is 0 Å². The Kier molecular flexibility index (Phi) is 6.08. The van der Waals surface area contributed by atoms with Crippen LogP contribution in [0.2, 0.25) is 0 Å². The van der Waals surface area contributed by atoms with Crippen LogP contribution in [0.3, 0.4) is 0 Å². The highest BCUT2D eigenvalue weighted by Crippen LogP contribution is 1.84. The maximum atomic E-state index is 4.13. The van der Waals surface area contributed by atoms with Gasteiger partial charge in [0.1, 0.15) is 0 Å². The first kappa shape index (κ1) is 9.37. The molecule has 0 aromatic heterocycles. The number of allylic oxidation sites excluding steroid dienone is 2. The van der Waals surface area contributed by atoms with Crippen LogP contribution in [-0.2, 0) is 0 Å². The summed E-state index contributed by atoms with van der Waals surface area (Å²) in [6, 6.07) is 0. The third-order valence-electron chi connectivity index (χ3n) is 1.20. The van der Waals surface area contributed by atoms with Crippen molar-refractivity contribution in [1.82, 2.24) is 5.32 Å². The molecule has 2 nitrogen and oxygen atoms in total. The third-order valence-corrected chi connectivity index (χ3v) is 1.20. The summed E-state index contributed by atoms with van der Waals surface area (Å²) in [5, 5.41) is 3.10. The minimum atomic E-state index is 0.724. The number of nitrogens with zero attached hydrogens (tertiary/aromatic N) is 1. The fourth-order valence-electron chi connectivity index (χ4n) is 0.441. The highest BCUT2D eigenvalue weighted by Gasteiger charge is 1.77. The van der Waals surface area contributed by atoms with Gasteiger partial charge in [-0.15, -0.1) is 0 Å². The van der Waals surface area contributed by atoms with E-state index in [-0.39, 0.29) is 0 Å². The summed E-state index contributed by atoms with van der Waals surface area (Å²) in [4.78, 5) is 4.13. The van der Waals surface area contributed by atoms with Crippen LogP contribution in [-0.4, -0.2) is 19.4 Å². The van der Waals surface area contributed by atoms with E-state index >= 15 is 0 Å². The zero-order chi connectivity index (χ0) is 7.82.